The smallest absolute Gasteiger partial charge is 0.293 e. The van der Waals surface area contributed by atoms with Crippen LogP contribution < -0.4 is 14.9 Å². The Balaban J connectivity index is 0.930. The van der Waals surface area contributed by atoms with Crippen LogP contribution in [0.3, 0.4) is 0 Å². The minimum Gasteiger partial charge on any atom is -0.376 e. The van der Waals surface area contributed by atoms with Gasteiger partial charge in [-0.1, -0.05) is 47.5 Å². The Morgan fingerprint density at radius 1 is 0.905 bits per heavy atom. The quantitative estimate of drug-likeness (QED) is 0.0524. The van der Waals surface area contributed by atoms with Crippen LogP contribution in [-0.2, 0) is 10.0 Å². The van der Waals surface area contributed by atoms with Crippen molar-refractivity contribution in [3.63, 3.8) is 0 Å². The van der Waals surface area contributed by atoms with Gasteiger partial charge < -0.3 is 10.2 Å². The first-order valence-electron chi connectivity index (χ1n) is 22.2. The summed E-state index contributed by atoms with van der Waals surface area (Å²) in [5.74, 6) is 0.801. The maximum atomic E-state index is 13.9. The number of nitrogens with zero attached hydrogens (tertiary/aromatic N) is 6. The van der Waals surface area contributed by atoms with E-state index in [9.17, 15) is 18.5 Å². The normalized spacial score (nSPS) is 19.4. The molecule has 1 aliphatic carbocycles. The molecule has 63 heavy (non-hydrogen) atoms. The zero-order chi connectivity index (χ0) is 43.9. The van der Waals surface area contributed by atoms with Gasteiger partial charge in [0.15, 0.2) is 5.82 Å². The van der Waals surface area contributed by atoms with E-state index in [1.54, 1.807) is 11.8 Å². The lowest BCUT2D eigenvalue weighted by Crippen LogP contribution is -2.47. The minimum atomic E-state index is -4.27. The summed E-state index contributed by atoms with van der Waals surface area (Å²) >= 11 is 7.88. The zero-order valence-corrected chi connectivity index (χ0v) is 38.5. The van der Waals surface area contributed by atoms with Gasteiger partial charge in [-0.05, 0) is 137 Å². The van der Waals surface area contributed by atoms with E-state index in [1.165, 1.54) is 60.9 Å². The number of hydrogen-bond acceptors (Lipinski definition) is 11. The first-order valence-corrected chi connectivity index (χ1v) is 25.1. The van der Waals surface area contributed by atoms with Crippen molar-refractivity contribution in [2.24, 2.45) is 0 Å². The molecular formula is C48H57ClN8O4S2. The Morgan fingerprint density at radius 2 is 1.65 bits per heavy atom. The summed E-state index contributed by atoms with van der Waals surface area (Å²) in [6.07, 6.45) is 10.1. The monoisotopic (exact) mass is 908 g/mol. The van der Waals surface area contributed by atoms with E-state index < -0.39 is 14.9 Å². The molecule has 2 fully saturated rings. The largest absolute Gasteiger partial charge is 0.376 e. The maximum absolute atomic E-state index is 13.9. The van der Waals surface area contributed by atoms with Gasteiger partial charge in [0, 0.05) is 83.7 Å². The predicted octanol–water partition coefficient (Wildman–Crippen LogP) is 10.4. The van der Waals surface area contributed by atoms with Crippen molar-refractivity contribution >= 4 is 72.7 Å². The summed E-state index contributed by atoms with van der Waals surface area (Å²) in [5, 5.41) is 17.2. The van der Waals surface area contributed by atoms with Crippen molar-refractivity contribution in [2.75, 3.05) is 60.0 Å². The second-order valence-corrected chi connectivity index (χ2v) is 20.4. The van der Waals surface area contributed by atoms with Crippen molar-refractivity contribution in [3.8, 4) is 0 Å². The lowest BCUT2D eigenvalue weighted by Gasteiger charge is -2.37. The van der Waals surface area contributed by atoms with Gasteiger partial charge in [0.05, 0.1) is 15.3 Å². The van der Waals surface area contributed by atoms with E-state index in [-0.39, 0.29) is 28.1 Å². The fraction of sp³-hybridized carbons (Fsp3) is 0.417. The van der Waals surface area contributed by atoms with Crippen LogP contribution in [0.15, 0.2) is 113 Å². The predicted molar refractivity (Wildman–Crippen MR) is 258 cm³/mol. The Kier molecular flexibility index (Phi) is 14.5. The lowest BCUT2D eigenvalue weighted by molar-refractivity contribution is -0.384. The number of anilines is 3. The van der Waals surface area contributed by atoms with Crippen LogP contribution in [0.4, 0.5) is 22.9 Å². The molecule has 2 aliphatic heterocycles. The van der Waals surface area contributed by atoms with Gasteiger partial charge in [-0.15, -0.1) is 11.8 Å². The Hall–Kier alpha value is -4.73. The fourth-order valence-electron chi connectivity index (χ4n) is 9.38. The molecule has 12 nitrogen and oxygen atoms in total. The highest BCUT2D eigenvalue weighted by molar-refractivity contribution is 7.99. The van der Waals surface area contributed by atoms with Crippen molar-refractivity contribution in [1.29, 1.82) is 0 Å². The van der Waals surface area contributed by atoms with E-state index >= 15 is 0 Å². The maximum Gasteiger partial charge on any atom is 0.293 e. The van der Waals surface area contributed by atoms with Crippen LogP contribution >= 0.6 is 23.4 Å². The summed E-state index contributed by atoms with van der Waals surface area (Å²) in [7, 11) is -4.27. The fourth-order valence-corrected chi connectivity index (χ4v) is 11.5. The molecule has 15 heteroatoms. The number of nitro benzene ring substituents is 1. The third-order valence-electron chi connectivity index (χ3n) is 12.9. The van der Waals surface area contributed by atoms with Gasteiger partial charge in [-0.2, -0.15) is 0 Å². The number of fused-ring (bicyclic) bond motifs is 1. The van der Waals surface area contributed by atoms with Crippen LogP contribution in [0.2, 0.25) is 5.02 Å². The molecule has 3 atom stereocenters. The number of aromatic nitrogens is 2. The standard InChI is InChI=1S/C48H57ClN8O4S2/c1-34-14-15-35(2)56(34)24-8-10-39(32-62-41-11-4-3-5-12-41)52-45-23-21-42(30-47(45)57(58)59)63(60,61)53-48-44-22-20-40(29-46(44)50-33-51-48)55-27-25-54(26-28-55)31-37-9-6-7-13-43(37)36-16-18-38(49)19-17-36/h3-5,11-12,16-23,29-30,33-35,39,52H,6-10,13-15,24-28,31-32H2,1-2H3,(H,50,51,53)/t34-,35+,39-/m1/s1. The van der Waals surface area contributed by atoms with E-state index in [2.05, 4.69) is 72.8 Å². The molecule has 1 aromatic heterocycles. The number of nitrogens with one attached hydrogen (secondary N) is 2. The molecule has 3 aliphatic rings. The van der Waals surface area contributed by atoms with E-state index in [0.29, 0.717) is 28.7 Å². The highest BCUT2D eigenvalue weighted by atomic mass is 35.5. The molecule has 3 heterocycles. The summed E-state index contributed by atoms with van der Waals surface area (Å²) in [5.41, 5.74) is 5.87. The number of likely N-dealkylation sites (tertiary alicyclic amines) is 1. The highest BCUT2D eigenvalue weighted by Crippen LogP contribution is 2.35. The van der Waals surface area contributed by atoms with Crippen LogP contribution in [0, 0.1) is 10.1 Å². The molecule has 2 N–H and O–H groups in total. The molecule has 0 radical (unpaired) electrons. The first-order chi connectivity index (χ1) is 30.5. The summed E-state index contributed by atoms with van der Waals surface area (Å²) in [6.45, 7) is 10.0. The van der Waals surface area contributed by atoms with Crippen molar-refractivity contribution in [1.82, 2.24) is 19.8 Å². The van der Waals surface area contributed by atoms with Crippen molar-refractivity contribution in [2.45, 2.75) is 93.1 Å². The summed E-state index contributed by atoms with van der Waals surface area (Å²) in [4.78, 5) is 29.1. The molecule has 0 unspecified atom stereocenters. The Morgan fingerprint density at radius 3 is 2.40 bits per heavy atom. The molecule has 0 saturated carbocycles. The topological polar surface area (TPSA) is 137 Å². The average Bonchev–Trinajstić information content (AvgIpc) is 3.61. The van der Waals surface area contributed by atoms with Gasteiger partial charge in [-0.25, -0.2) is 18.4 Å². The molecule has 5 aromatic rings. The first kappa shape index (κ1) is 44.9. The molecule has 0 bridgehead atoms. The second kappa shape index (κ2) is 20.4. The molecule has 8 rings (SSSR count). The number of thioether (sulfide) groups is 1. The summed E-state index contributed by atoms with van der Waals surface area (Å²) < 4.78 is 30.4. The molecule has 0 spiro atoms. The molecule has 0 amide bonds. The van der Waals surface area contributed by atoms with E-state index in [0.717, 1.165) is 86.6 Å². The molecular weight excluding hydrogens is 852 g/mol. The van der Waals surface area contributed by atoms with Gasteiger partial charge in [0.2, 0.25) is 0 Å². The third kappa shape index (κ3) is 11.1. The number of sulfonamides is 1. The van der Waals surface area contributed by atoms with Gasteiger partial charge >= 0.3 is 0 Å². The Bertz CT molecular complexity index is 2510. The van der Waals surface area contributed by atoms with Crippen molar-refractivity contribution < 1.29 is 13.3 Å². The van der Waals surface area contributed by atoms with Crippen LogP contribution in [0.1, 0.15) is 70.8 Å². The zero-order valence-electron chi connectivity index (χ0n) is 36.1. The molecule has 2 saturated heterocycles. The SMILES string of the molecule is C[C@@H]1CC[C@H](C)N1CCC[C@H](CSc1ccccc1)Nc1ccc(S(=O)(=O)Nc2ncnc3cc(N4CCN(CC5=C(c6ccc(Cl)cc6)CCCC5)CC4)ccc23)cc1[N+](=O)[O-]. The van der Waals surface area contributed by atoms with E-state index in [4.69, 9.17) is 11.6 Å². The lowest BCUT2D eigenvalue weighted by atomic mass is 9.87. The number of rotatable bonds is 17. The van der Waals surface area contributed by atoms with E-state index in [1.807, 2.05) is 48.5 Å². The number of hydrogen-bond donors (Lipinski definition) is 2. The van der Waals surface area contributed by atoms with Crippen LogP contribution in [0.25, 0.3) is 16.5 Å². The number of halogens is 1. The van der Waals surface area contributed by atoms with Crippen molar-refractivity contribution in [3.05, 3.63) is 124 Å². The number of benzene rings is 4. The number of piperazine rings is 1. The highest BCUT2D eigenvalue weighted by Gasteiger charge is 2.28. The number of allylic oxidation sites excluding steroid dienone is 1. The molecule has 332 valence electrons. The third-order valence-corrected chi connectivity index (χ3v) is 15.7. The average molecular weight is 910 g/mol. The van der Waals surface area contributed by atoms with Crippen LogP contribution in [0.5, 0.6) is 0 Å². The summed E-state index contributed by atoms with van der Waals surface area (Å²) in [6, 6.07) is 29.2. The second-order valence-electron chi connectivity index (χ2n) is 17.1. The van der Waals surface area contributed by atoms with Gasteiger partial charge in [0.25, 0.3) is 15.7 Å². The van der Waals surface area contributed by atoms with Gasteiger partial charge in [-0.3, -0.25) is 24.6 Å². The van der Waals surface area contributed by atoms with Gasteiger partial charge in [0.1, 0.15) is 12.0 Å². The number of nitro groups is 1. The molecule has 4 aromatic carbocycles. The minimum absolute atomic E-state index is 0.0861. The van der Waals surface area contributed by atoms with Crippen LogP contribution in [-0.4, -0.2) is 96.3 Å². The Labute approximate surface area is 380 Å².